The van der Waals surface area contributed by atoms with Crippen LogP contribution in [0.25, 0.3) is 0 Å². The zero-order chi connectivity index (χ0) is 8.81. The van der Waals surface area contributed by atoms with E-state index < -0.39 is 0 Å². The van der Waals surface area contributed by atoms with Crippen LogP contribution in [0.4, 0.5) is 0 Å². The molecule has 2 nitrogen and oxygen atoms in total. The number of likely N-dealkylation sites (N-methyl/N-ethyl adjacent to an activating group) is 1. The molecule has 0 aliphatic carbocycles. The van der Waals surface area contributed by atoms with Gasteiger partial charge in [-0.3, -0.25) is 4.90 Å². The average Bonchev–Trinajstić information content (AvgIpc) is 2.15. The molecule has 0 bridgehead atoms. The first-order valence-corrected chi connectivity index (χ1v) is 4.76. The van der Waals surface area contributed by atoms with E-state index in [9.17, 15) is 0 Å². The highest BCUT2D eigenvalue weighted by molar-refractivity contribution is 4.91. The lowest BCUT2D eigenvalue weighted by molar-refractivity contribution is 0.194. The summed E-state index contributed by atoms with van der Waals surface area (Å²) in [6.45, 7) is 6.31. The maximum absolute atomic E-state index is 5.30. The van der Waals surface area contributed by atoms with E-state index in [1.54, 1.807) is 0 Å². The third kappa shape index (κ3) is 2.51. The second-order valence-electron chi connectivity index (χ2n) is 3.27. The van der Waals surface area contributed by atoms with Crippen LogP contribution in [0.3, 0.4) is 0 Å². The zero-order valence-corrected chi connectivity index (χ0v) is 7.84. The normalized spacial score (nSPS) is 23.9. The minimum absolute atomic E-state index is 0.666. The van der Waals surface area contributed by atoms with E-state index in [-0.39, 0.29) is 0 Å². The molecule has 68 valence electrons. The Kier molecular flexibility index (Phi) is 4.13. The summed E-state index contributed by atoms with van der Waals surface area (Å²) in [6.07, 6.45) is 7.88. The number of hydrogen-bond donors (Lipinski definition) is 1. The smallest absolute Gasteiger partial charge is 0.0601 e. The predicted octanol–water partition coefficient (Wildman–Crippen LogP) is 0.694. The maximum atomic E-state index is 5.30. The molecule has 1 N–H and O–H groups in total. The van der Waals surface area contributed by atoms with E-state index in [0.717, 1.165) is 19.6 Å². The molecule has 0 spiro atoms. The third-order valence-corrected chi connectivity index (χ3v) is 2.49. The van der Waals surface area contributed by atoms with Crippen LogP contribution in [-0.2, 0) is 0 Å². The summed E-state index contributed by atoms with van der Waals surface area (Å²) in [5.74, 6) is 2.71. The number of piperidine rings is 1. The van der Waals surface area contributed by atoms with Crippen molar-refractivity contribution in [3.8, 4) is 12.3 Å². The molecule has 1 fully saturated rings. The van der Waals surface area contributed by atoms with Gasteiger partial charge in [0.05, 0.1) is 6.54 Å². The maximum Gasteiger partial charge on any atom is 0.0601 e. The largest absolute Gasteiger partial charge is 0.315 e. The van der Waals surface area contributed by atoms with Crippen LogP contribution in [0, 0.1) is 12.3 Å². The molecule has 12 heavy (non-hydrogen) atoms. The number of nitrogens with zero attached hydrogens (tertiary/aromatic N) is 1. The lowest BCUT2D eigenvalue weighted by Crippen LogP contribution is -2.46. The monoisotopic (exact) mass is 166 g/mol. The summed E-state index contributed by atoms with van der Waals surface area (Å²) in [7, 11) is 0. The van der Waals surface area contributed by atoms with E-state index >= 15 is 0 Å². The van der Waals surface area contributed by atoms with Crippen molar-refractivity contribution in [1.29, 1.82) is 0 Å². The Hall–Kier alpha value is -0.520. The minimum Gasteiger partial charge on any atom is -0.315 e. The van der Waals surface area contributed by atoms with E-state index in [2.05, 4.69) is 23.1 Å². The van der Waals surface area contributed by atoms with Crippen LogP contribution < -0.4 is 5.32 Å². The molecular formula is C10H18N2. The van der Waals surface area contributed by atoms with Gasteiger partial charge in [0.2, 0.25) is 0 Å². The van der Waals surface area contributed by atoms with Gasteiger partial charge in [-0.2, -0.15) is 0 Å². The van der Waals surface area contributed by atoms with E-state index in [1.807, 2.05) is 0 Å². The quantitative estimate of drug-likeness (QED) is 0.621. The molecule has 1 aliphatic rings. The Morgan fingerprint density at radius 3 is 3.00 bits per heavy atom. The standard InChI is InChI=1S/C10H18N2/c1-3-8-12(4-2)10-6-5-7-11-9-10/h1,10-11H,4-9H2,2H3. The van der Waals surface area contributed by atoms with Gasteiger partial charge >= 0.3 is 0 Å². The second-order valence-corrected chi connectivity index (χ2v) is 3.27. The summed E-state index contributed by atoms with van der Waals surface area (Å²) in [6, 6.07) is 0.666. The molecule has 1 rings (SSSR count). The van der Waals surface area contributed by atoms with Gasteiger partial charge in [-0.05, 0) is 25.9 Å². The predicted molar refractivity (Wildman–Crippen MR) is 52.0 cm³/mol. The molecular weight excluding hydrogens is 148 g/mol. The molecule has 0 aromatic rings. The Balaban J connectivity index is 2.36. The molecule has 1 saturated heterocycles. The summed E-state index contributed by atoms with van der Waals surface area (Å²) in [4.78, 5) is 2.37. The van der Waals surface area contributed by atoms with Crippen molar-refractivity contribution >= 4 is 0 Å². The summed E-state index contributed by atoms with van der Waals surface area (Å²) < 4.78 is 0. The molecule has 0 radical (unpaired) electrons. The summed E-state index contributed by atoms with van der Waals surface area (Å²) >= 11 is 0. The van der Waals surface area contributed by atoms with Crippen molar-refractivity contribution in [2.75, 3.05) is 26.2 Å². The summed E-state index contributed by atoms with van der Waals surface area (Å²) in [5, 5.41) is 3.40. The van der Waals surface area contributed by atoms with Crippen LogP contribution >= 0.6 is 0 Å². The Morgan fingerprint density at radius 2 is 2.50 bits per heavy atom. The molecule has 1 atom stereocenters. The first kappa shape index (κ1) is 9.57. The van der Waals surface area contributed by atoms with Crippen LogP contribution in [0.5, 0.6) is 0 Å². The Bertz CT molecular complexity index is 154. The van der Waals surface area contributed by atoms with Gasteiger partial charge < -0.3 is 5.32 Å². The lowest BCUT2D eigenvalue weighted by atomic mass is 10.1. The third-order valence-electron chi connectivity index (χ3n) is 2.49. The highest BCUT2D eigenvalue weighted by atomic mass is 15.2. The minimum atomic E-state index is 0.666. The fourth-order valence-electron chi connectivity index (χ4n) is 1.76. The zero-order valence-electron chi connectivity index (χ0n) is 7.84. The van der Waals surface area contributed by atoms with Gasteiger partial charge in [0.25, 0.3) is 0 Å². The molecule has 1 aliphatic heterocycles. The summed E-state index contributed by atoms with van der Waals surface area (Å²) in [5.41, 5.74) is 0. The van der Waals surface area contributed by atoms with Gasteiger partial charge in [0.1, 0.15) is 0 Å². The van der Waals surface area contributed by atoms with Crippen LogP contribution in [-0.4, -0.2) is 37.1 Å². The van der Waals surface area contributed by atoms with E-state index in [4.69, 9.17) is 6.42 Å². The van der Waals surface area contributed by atoms with Gasteiger partial charge in [0.15, 0.2) is 0 Å². The molecule has 0 aromatic heterocycles. The number of nitrogens with one attached hydrogen (secondary N) is 1. The van der Waals surface area contributed by atoms with Crippen LogP contribution in [0.2, 0.25) is 0 Å². The van der Waals surface area contributed by atoms with Crippen molar-refractivity contribution in [3.63, 3.8) is 0 Å². The second kappa shape index (κ2) is 5.18. The average molecular weight is 166 g/mol. The molecule has 0 saturated carbocycles. The van der Waals surface area contributed by atoms with Crippen molar-refractivity contribution in [1.82, 2.24) is 10.2 Å². The van der Waals surface area contributed by atoms with Gasteiger partial charge in [-0.15, -0.1) is 6.42 Å². The van der Waals surface area contributed by atoms with E-state index in [0.29, 0.717) is 6.04 Å². The Labute approximate surface area is 75.3 Å². The number of hydrogen-bond acceptors (Lipinski definition) is 2. The lowest BCUT2D eigenvalue weighted by Gasteiger charge is -2.32. The van der Waals surface area contributed by atoms with Crippen LogP contribution in [0.15, 0.2) is 0 Å². The highest BCUT2D eigenvalue weighted by Gasteiger charge is 2.18. The SMILES string of the molecule is C#CCN(CC)C1CCCNC1. The number of terminal acetylenes is 1. The first-order chi connectivity index (χ1) is 5.88. The Morgan fingerprint density at radius 1 is 1.67 bits per heavy atom. The van der Waals surface area contributed by atoms with Crippen molar-refractivity contribution in [3.05, 3.63) is 0 Å². The first-order valence-electron chi connectivity index (χ1n) is 4.76. The van der Waals surface area contributed by atoms with Gasteiger partial charge in [-0.25, -0.2) is 0 Å². The van der Waals surface area contributed by atoms with Gasteiger partial charge in [-0.1, -0.05) is 12.8 Å². The highest BCUT2D eigenvalue weighted by Crippen LogP contribution is 2.08. The molecule has 2 heteroatoms. The van der Waals surface area contributed by atoms with Crippen molar-refractivity contribution in [2.45, 2.75) is 25.8 Å². The fourth-order valence-corrected chi connectivity index (χ4v) is 1.76. The molecule has 0 amide bonds. The molecule has 0 aromatic carbocycles. The van der Waals surface area contributed by atoms with Crippen molar-refractivity contribution < 1.29 is 0 Å². The van der Waals surface area contributed by atoms with Crippen molar-refractivity contribution in [2.24, 2.45) is 0 Å². The molecule has 1 unspecified atom stereocenters. The molecule has 1 heterocycles. The fraction of sp³-hybridized carbons (Fsp3) is 0.800. The van der Waals surface area contributed by atoms with Crippen LogP contribution in [0.1, 0.15) is 19.8 Å². The topological polar surface area (TPSA) is 15.3 Å². The van der Waals surface area contributed by atoms with E-state index in [1.165, 1.54) is 19.4 Å². The number of rotatable bonds is 3. The van der Waals surface area contributed by atoms with Gasteiger partial charge in [0, 0.05) is 12.6 Å².